The van der Waals surface area contributed by atoms with Gasteiger partial charge in [0.05, 0.1) is 6.54 Å². The van der Waals surface area contributed by atoms with E-state index in [0.717, 1.165) is 36.6 Å². The molecule has 2 fully saturated rings. The molecule has 1 aromatic rings. The Hall–Kier alpha value is -1.11. The minimum Gasteiger partial charge on any atom is -0.357 e. The number of benzene rings is 1. The average Bonchev–Trinajstić information content (AvgIpc) is 3.48. The quantitative estimate of drug-likeness (QED) is 0.486. The van der Waals surface area contributed by atoms with E-state index in [1.54, 1.807) is 0 Å². The number of aliphatic imine (C=N–C) groups is 1. The number of halogens is 1. The smallest absolute Gasteiger partial charge is 0.191 e. The van der Waals surface area contributed by atoms with E-state index < -0.39 is 0 Å². The molecule has 150 valence electrons. The maximum absolute atomic E-state index is 4.91. The molecular weight excluding hydrogens is 402 g/mol. The molecule has 27 heavy (non-hydrogen) atoms. The summed E-state index contributed by atoms with van der Waals surface area (Å²) >= 11 is 3.60. The molecule has 2 N–H and O–H groups in total. The van der Waals surface area contributed by atoms with E-state index in [0.29, 0.717) is 0 Å². The lowest BCUT2D eigenvalue weighted by Crippen LogP contribution is -2.49. The molecule has 2 aliphatic rings. The number of nitrogens with zero attached hydrogens (tertiary/aromatic N) is 3. The Balaban J connectivity index is 1.48. The average molecular weight is 436 g/mol. The van der Waals surface area contributed by atoms with Crippen molar-refractivity contribution in [2.24, 2.45) is 4.99 Å². The number of guanidine groups is 1. The standard InChI is InChI=1S/C21H34BrN5/c1-3-23-20(24-10-11-27-14-12-26(4-2)13-15-27)25-17-21(8-9-21)18-6-5-7-19(22)16-18/h5-7,16H,3-4,8-15,17H2,1-2H3,(H2,23,24,25). The van der Waals surface area contributed by atoms with Crippen molar-refractivity contribution in [1.82, 2.24) is 20.4 Å². The van der Waals surface area contributed by atoms with Crippen LogP contribution in [-0.2, 0) is 5.41 Å². The summed E-state index contributed by atoms with van der Waals surface area (Å²) in [6, 6.07) is 8.71. The third kappa shape index (κ3) is 5.93. The van der Waals surface area contributed by atoms with Gasteiger partial charge in [-0.15, -0.1) is 0 Å². The van der Waals surface area contributed by atoms with E-state index in [4.69, 9.17) is 4.99 Å². The van der Waals surface area contributed by atoms with Crippen molar-refractivity contribution in [3.63, 3.8) is 0 Å². The maximum atomic E-state index is 4.91. The highest BCUT2D eigenvalue weighted by Crippen LogP contribution is 2.48. The summed E-state index contributed by atoms with van der Waals surface area (Å²) in [4.78, 5) is 9.98. The van der Waals surface area contributed by atoms with Gasteiger partial charge in [-0.1, -0.05) is 35.0 Å². The zero-order valence-electron chi connectivity index (χ0n) is 16.8. The number of likely N-dealkylation sites (N-methyl/N-ethyl adjacent to an activating group) is 1. The first-order chi connectivity index (χ1) is 13.1. The second-order valence-electron chi connectivity index (χ2n) is 7.69. The molecule has 1 aliphatic heterocycles. The molecule has 1 heterocycles. The number of nitrogens with one attached hydrogen (secondary N) is 2. The lowest BCUT2D eigenvalue weighted by atomic mass is 9.96. The number of hydrogen-bond donors (Lipinski definition) is 2. The Kier molecular flexibility index (Phi) is 7.56. The van der Waals surface area contributed by atoms with Crippen molar-refractivity contribution >= 4 is 21.9 Å². The molecule has 0 amide bonds. The Morgan fingerprint density at radius 2 is 1.85 bits per heavy atom. The summed E-state index contributed by atoms with van der Waals surface area (Å²) in [7, 11) is 0. The highest BCUT2D eigenvalue weighted by molar-refractivity contribution is 9.10. The van der Waals surface area contributed by atoms with Gasteiger partial charge in [0.25, 0.3) is 0 Å². The van der Waals surface area contributed by atoms with Crippen LogP contribution in [0.2, 0.25) is 0 Å². The van der Waals surface area contributed by atoms with Gasteiger partial charge in [0.1, 0.15) is 0 Å². The second-order valence-corrected chi connectivity index (χ2v) is 8.60. The van der Waals surface area contributed by atoms with Crippen LogP contribution in [0, 0.1) is 0 Å². The molecule has 6 heteroatoms. The van der Waals surface area contributed by atoms with Crippen LogP contribution in [0.4, 0.5) is 0 Å². The molecule has 1 aliphatic carbocycles. The fourth-order valence-corrected chi connectivity index (χ4v) is 4.14. The molecule has 0 bridgehead atoms. The van der Waals surface area contributed by atoms with Crippen molar-refractivity contribution in [1.29, 1.82) is 0 Å². The molecule has 0 aromatic heterocycles. The first kappa shape index (κ1) is 20.6. The van der Waals surface area contributed by atoms with Gasteiger partial charge in [0.2, 0.25) is 0 Å². The van der Waals surface area contributed by atoms with Gasteiger partial charge in [-0.05, 0) is 44.0 Å². The Morgan fingerprint density at radius 3 is 2.48 bits per heavy atom. The van der Waals surface area contributed by atoms with Crippen LogP contribution in [0.5, 0.6) is 0 Å². The Morgan fingerprint density at radius 1 is 1.11 bits per heavy atom. The molecule has 3 rings (SSSR count). The molecule has 1 saturated heterocycles. The highest BCUT2D eigenvalue weighted by Gasteiger charge is 2.44. The number of piperazine rings is 1. The van der Waals surface area contributed by atoms with Crippen LogP contribution in [0.1, 0.15) is 32.3 Å². The van der Waals surface area contributed by atoms with Gasteiger partial charge in [-0.2, -0.15) is 0 Å². The Labute approximate surface area is 172 Å². The first-order valence-electron chi connectivity index (χ1n) is 10.4. The third-order valence-electron chi connectivity index (χ3n) is 5.81. The highest BCUT2D eigenvalue weighted by atomic mass is 79.9. The molecule has 0 atom stereocenters. The van der Waals surface area contributed by atoms with Crippen molar-refractivity contribution < 1.29 is 0 Å². The molecular formula is C21H34BrN5. The number of hydrogen-bond acceptors (Lipinski definition) is 3. The van der Waals surface area contributed by atoms with Gasteiger partial charge in [0.15, 0.2) is 5.96 Å². The lowest BCUT2D eigenvalue weighted by Gasteiger charge is -2.34. The molecule has 0 unspecified atom stereocenters. The number of rotatable bonds is 8. The van der Waals surface area contributed by atoms with Crippen LogP contribution < -0.4 is 10.6 Å². The van der Waals surface area contributed by atoms with Crippen LogP contribution in [0.25, 0.3) is 0 Å². The predicted molar refractivity (Wildman–Crippen MR) is 118 cm³/mol. The summed E-state index contributed by atoms with van der Waals surface area (Å²) < 4.78 is 1.16. The van der Waals surface area contributed by atoms with Gasteiger partial charge < -0.3 is 15.5 Å². The van der Waals surface area contributed by atoms with Gasteiger partial charge >= 0.3 is 0 Å². The maximum Gasteiger partial charge on any atom is 0.191 e. The van der Waals surface area contributed by atoms with Crippen molar-refractivity contribution in [3.8, 4) is 0 Å². The molecule has 5 nitrogen and oxygen atoms in total. The second kappa shape index (κ2) is 9.89. The van der Waals surface area contributed by atoms with Crippen LogP contribution in [0.3, 0.4) is 0 Å². The summed E-state index contributed by atoms with van der Waals surface area (Å²) in [5.74, 6) is 0.950. The summed E-state index contributed by atoms with van der Waals surface area (Å²) in [5.41, 5.74) is 1.65. The molecule has 1 aromatic carbocycles. The fourth-order valence-electron chi connectivity index (χ4n) is 3.74. The van der Waals surface area contributed by atoms with E-state index in [1.807, 2.05) is 0 Å². The molecule has 0 spiro atoms. The van der Waals surface area contributed by atoms with E-state index in [2.05, 4.69) is 74.5 Å². The van der Waals surface area contributed by atoms with Crippen molar-refractivity contribution in [3.05, 3.63) is 34.3 Å². The predicted octanol–water partition coefficient (Wildman–Crippen LogP) is 2.67. The zero-order valence-corrected chi connectivity index (χ0v) is 18.4. The first-order valence-corrected chi connectivity index (χ1v) is 11.2. The zero-order chi connectivity index (χ0) is 19.1. The van der Waals surface area contributed by atoms with Gasteiger partial charge in [-0.25, -0.2) is 0 Å². The van der Waals surface area contributed by atoms with Crippen LogP contribution >= 0.6 is 15.9 Å². The topological polar surface area (TPSA) is 42.9 Å². The normalized spacial score (nSPS) is 20.5. The van der Waals surface area contributed by atoms with Crippen LogP contribution in [-0.4, -0.2) is 74.7 Å². The van der Waals surface area contributed by atoms with E-state index in [-0.39, 0.29) is 5.41 Å². The van der Waals surface area contributed by atoms with Gasteiger partial charge in [0, 0.05) is 55.7 Å². The summed E-state index contributed by atoms with van der Waals surface area (Å²) in [6.07, 6.45) is 2.46. The fraction of sp³-hybridized carbons (Fsp3) is 0.667. The van der Waals surface area contributed by atoms with E-state index in [9.17, 15) is 0 Å². The largest absolute Gasteiger partial charge is 0.357 e. The SMILES string of the molecule is CCNC(=NCC1(c2cccc(Br)c2)CC1)NCCN1CCN(CC)CC1. The minimum absolute atomic E-state index is 0.239. The molecule has 0 radical (unpaired) electrons. The summed E-state index contributed by atoms with van der Waals surface area (Å²) in [6.45, 7) is 14.1. The monoisotopic (exact) mass is 435 g/mol. The summed E-state index contributed by atoms with van der Waals surface area (Å²) in [5, 5.41) is 6.93. The van der Waals surface area contributed by atoms with E-state index in [1.165, 1.54) is 51.1 Å². The van der Waals surface area contributed by atoms with Gasteiger partial charge in [-0.3, -0.25) is 9.89 Å². The lowest BCUT2D eigenvalue weighted by molar-refractivity contribution is 0.139. The van der Waals surface area contributed by atoms with E-state index >= 15 is 0 Å². The molecule has 1 saturated carbocycles. The van der Waals surface area contributed by atoms with Crippen LogP contribution in [0.15, 0.2) is 33.7 Å². The van der Waals surface area contributed by atoms with Crippen molar-refractivity contribution in [2.75, 3.05) is 58.9 Å². The minimum atomic E-state index is 0.239. The third-order valence-corrected chi connectivity index (χ3v) is 6.30. The Bertz CT molecular complexity index is 621. The van der Waals surface area contributed by atoms with Crippen molar-refractivity contribution in [2.45, 2.75) is 32.1 Å².